The maximum Gasteiger partial charge on any atom is 0.312 e. The van der Waals surface area contributed by atoms with Gasteiger partial charge in [0.15, 0.2) is 11.6 Å². The number of urea groups is 1. The molecule has 3 aliphatic heterocycles. The minimum absolute atomic E-state index is 0.00581. The van der Waals surface area contributed by atoms with E-state index in [0.29, 0.717) is 43.3 Å². The minimum atomic E-state index is -0.959. The Morgan fingerprint density at radius 3 is 2.20 bits per heavy atom. The molecule has 5 N–H and O–H groups in total. The Morgan fingerprint density at radius 2 is 1.59 bits per heavy atom. The molecule has 486 valence electrons. The van der Waals surface area contributed by atoms with Crippen LogP contribution >= 0.6 is 11.3 Å². The first kappa shape index (κ1) is 71.0. The standard InChI is InChI=1S/C66H98N8O13S/c1-11-41(6)61(72(8)65(83)50(40(4)5)37-55(78)60-45-19-20-47(34-45)70-60)56(85-9)38-59(81)73-26-14-18-52(73)62(86-10)42(7)53(76)35-46(64-68-25-30-88-64)32-43-15-12-16-44(31-43)33-54(77)51(17-13-24-69-66(67)84)71-63(82)49(39(2)3)36-48(75)23-28-87-29-27-74-57(79)21-22-58(74)80/h12,15-16,21-22,25,30-31,39-42,45-47,49-52,56,60-62,70H,11,13-14,17-20,23-24,26-29,32-38H2,1-10H3,(H,71,82)(H3,67,69,84)/t41-,42-,45-,46+,47-,49-,50-,51-,52-,56+,60-,61-,62+/m0/s1. The monoisotopic (exact) mass is 1240 g/mol. The number of nitrogens with two attached hydrogens (primary N) is 1. The molecule has 21 nitrogen and oxygen atoms in total. The van der Waals surface area contributed by atoms with Gasteiger partial charge in [0.25, 0.3) is 11.8 Å². The van der Waals surface area contributed by atoms with Crippen LogP contribution < -0.4 is 21.7 Å². The van der Waals surface area contributed by atoms with Gasteiger partial charge in [0.1, 0.15) is 11.6 Å². The number of ketones is 4. The molecular formula is C66H98N8O13S. The summed E-state index contributed by atoms with van der Waals surface area (Å²) >= 11 is 1.45. The highest BCUT2D eigenvalue weighted by Crippen LogP contribution is 2.38. The lowest BCUT2D eigenvalue weighted by atomic mass is 9.83. The van der Waals surface area contributed by atoms with E-state index in [1.54, 1.807) is 32.4 Å². The molecular weight excluding hydrogens is 1140 g/mol. The third kappa shape index (κ3) is 19.5. The van der Waals surface area contributed by atoms with Crippen molar-refractivity contribution >= 4 is 70.0 Å². The molecule has 13 atom stereocenters. The van der Waals surface area contributed by atoms with Gasteiger partial charge < -0.3 is 45.7 Å². The van der Waals surface area contributed by atoms with E-state index in [1.165, 1.54) is 23.5 Å². The highest BCUT2D eigenvalue weighted by Gasteiger charge is 2.46. The van der Waals surface area contributed by atoms with Crippen LogP contribution in [0, 0.1) is 41.4 Å². The SMILES string of the molecule is CC[C@H](C)[C@@H]([C@@H](CC(=O)N1CCC[C@H]1[C@H](OC)[C@@H](C)C(=O)C[C@@H](Cc1cccc(CC(=O)[C@H](CCCNC(N)=O)NC(=O)[C@@H](CC(=O)CCOCCN2C(=O)C=CC2=O)C(C)C)c1)c1nccs1)OC)N(C)C(=O)[C@@H](CC(=O)[C@H]1N[C@H]2CC[C@H]1C2)C(C)C. The second-order valence-electron chi connectivity index (χ2n) is 25.5. The van der Waals surface area contributed by atoms with Crippen LogP contribution in [-0.2, 0) is 70.2 Å². The highest BCUT2D eigenvalue weighted by atomic mass is 32.1. The summed E-state index contributed by atoms with van der Waals surface area (Å²) in [5, 5.41) is 11.6. The molecule has 22 heteroatoms. The van der Waals surface area contributed by atoms with Gasteiger partial charge in [-0.3, -0.25) is 48.1 Å². The van der Waals surface area contributed by atoms with E-state index in [9.17, 15) is 47.9 Å². The Kier molecular flexibility index (Phi) is 27.6. The van der Waals surface area contributed by atoms with Gasteiger partial charge in [-0.25, -0.2) is 9.78 Å². The number of methoxy groups -OCH3 is 2. The Bertz CT molecular complexity index is 2740. The van der Waals surface area contributed by atoms with Crippen LogP contribution in [0.15, 0.2) is 48.0 Å². The molecule has 1 aromatic carbocycles. The number of thiazole rings is 1. The van der Waals surface area contributed by atoms with Crippen LogP contribution in [0.1, 0.15) is 154 Å². The molecule has 2 saturated heterocycles. The van der Waals surface area contributed by atoms with Crippen LogP contribution in [0.4, 0.5) is 4.79 Å². The lowest BCUT2D eigenvalue weighted by molar-refractivity contribution is -0.149. The van der Waals surface area contributed by atoms with Crippen molar-refractivity contribution in [3.05, 3.63) is 64.1 Å². The van der Waals surface area contributed by atoms with Crippen molar-refractivity contribution in [3.63, 3.8) is 0 Å². The third-order valence-corrected chi connectivity index (χ3v) is 19.8. The van der Waals surface area contributed by atoms with Crippen molar-refractivity contribution in [2.75, 3.05) is 54.1 Å². The van der Waals surface area contributed by atoms with Crippen molar-refractivity contribution in [1.29, 1.82) is 0 Å². The number of benzene rings is 1. The van der Waals surface area contributed by atoms with Crippen molar-refractivity contribution in [3.8, 4) is 0 Å². The Hall–Kier alpha value is -6.07. The molecule has 1 saturated carbocycles. The molecule has 1 aromatic heterocycles. The molecule has 0 unspecified atom stereocenters. The number of carbonyl (C=O) groups excluding carboxylic acids is 10. The predicted octanol–water partition coefficient (Wildman–Crippen LogP) is 6.33. The molecule has 6 rings (SSSR count). The number of aromatic nitrogens is 1. The summed E-state index contributed by atoms with van der Waals surface area (Å²) in [6.07, 6.45) is 9.12. The summed E-state index contributed by atoms with van der Waals surface area (Å²) in [4.78, 5) is 143. The molecule has 4 aliphatic rings. The van der Waals surface area contributed by atoms with Gasteiger partial charge >= 0.3 is 6.03 Å². The van der Waals surface area contributed by atoms with Crippen molar-refractivity contribution in [2.24, 2.45) is 47.2 Å². The van der Waals surface area contributed by atoms with Crippen molar-refractivity contribution < 1.29 is 62.2 Å². The molecule has 0 spiro atoms. The number of piperidine rings is 1. The number of primary amides is 1. The maximum atomic E-state index is 14.7. The van der Waals surface area contributed by atoms with Gasteiger partial charge in [-0.2, -0.15) is 0 Å². The number of likely N-dealkylation sites (N-methyl/N-ethyl adjacent to an activating group) is 1. The lowest BCUT2D eigenvalue weighted by Gasteiger charge is -2.41. The number of imide groups is 1. The van der Waals surface area contributed by atoms with E-state index >= 15 is 0 Å². The van der Waals surface area contributed by atoms with E-state index in [1.807, 2.05) is 69.2 Å². The van der Waals surface area contributed by atoms with Crippen LogP contribution in [0.3, 0.4) is 0 Å². The quantitative estimate of drug-likeness (QED) is 0.0420. The number of hydrogen-bond acceptors (Lipinski definition) is 16. The number of likely N-dealkylation sites (tertiary alicyclic amines) is 1. The number of nitrogens with zero attached hydrogens (tertiary/aromatic N) is 4. The van der Waals surface area contributed by atoms with Crippen LogP contribution in [0.2, 0.25) is 0 Å². The molecule has 1 aliphatic carbocycles. The van der Waals surface area contributed by atoms with Gasteiger partial charge in [0, 0.05) is 120 Å². The minimum Gasteiger partial charge on any atom is -0.379 e. The first-order valence-electron chi connectivity index (χ1n) is 31.9. The number of hydrogen-bond donors (Lipinski definition) is 4. The number of rotatable bonds is 39. The van der Waals surface area contributed by atoms with E-state index in [2.05, 4.69) is 34.8 Å². The number of nitrogens with one attached hydrogen (secondary N) is 3. The van der Waals surface area contributed by atoms with Gasteiger partial charge in [0.2, 0.25) is 17.7 Å². The van der Waals surface area contributed by atoms with Gasteiger partial charge in [-0.05, 0) is 86.2 Å². The van der Waals surface area contributed by atoms with Crippen LogP contribution in [0.25, 0.3) is 0 Å². The normalized spacial score (nSPS) is 21.2. The molecule has 0 radical (unpaired) electrons. The zero-order valence-electron chi connectivity index (χ0n) is 53.5. The van der Waals surface area contributed by atoms with E-state index < -0.39 is 71.8 Å². The van der Waals surface area contributed by atoms with E-state index in [4.69, 9.17) is 19.9 Å². The van der Waals surface area contributed by atoms with Gasteiger partial charge in [0.05, 0.1) is 67.6 Å². The molecule has 3 fully saturated rings. The second kappa shape index (κ2) is 34.2. The fraction of sp³-hybridized carbons (Fsp3) is 0.682. The zero-order chi connectivity index (χ0) is 64.4. The Balaban J connectivity index is 1.08. The summed E-state index contributed by atoms with van der Waals surface area (Å²) in [7, 11) is 4.93. The van der Waals surface area contributed by atoms with E-state index in [-0.39, 0.29) is 136 Å². The summed E-state index contributed by atoms with van der Waals surface area (Å²) in [6.45, 7) is 14.4. The number of Topliss-reactive ketones (excluding diaryl/α,β-unsaturated/α-hetero) is 4. The Labute approximate surface area is 524 Å². The zero-order valence-corrected chi connectivity index (χ0v) is 54.3. The fourth-order valence-electron chi connectivity index (χ4n) is 13.5. The molecule has 4 heterocycles. The highest BCUT2D eigenvalue weighted by molar-refractivity contribution is 7.09. The average molecular weight is 1240 g/mol. The number of amides is 7. The van der Waals surface area contributed by atoms with E-state index in [0.717, 1.165) is 47.6 Å². The average Bonchev–Trinajstić information content (AvgIpc) is 1.94. The summed E-state index contributed by atoms with van der Waals surface area (Å²) < 4.78 is 17.9. The van der Waals surface area contributed by atoms with Crippen LogP contribution in [-0.4, -0.2) is 175 Å². The number of ether oxygens (including phenoxy) is 3. The first-order chi connectivity index (χ1) is 42.0. The largest absolute Gasteiger partial charge is 0.379 e. The number of carbonyl (C=O) groups is 10. The first-order valence-corrected chi connectivity index (χ1v) is 32.7. The maximum absolute atomic E-state index is 14.7. The lowest BCUT2D eigenvalue weighted by Crippen LogP contribution is -2.54. The summed E-state index contributed by atoms with van der Waals surface area (Å²) in [5.41, 5.74) is 6.86. The predicted molar refractivity (Wildman–Crippen MR) is 333 cm³/mol. The summed E-state index contributed by atoms with van der Waals surface area (Å²) in [5.74, 6) is -4.32. The van der Waals surface area contributed by atoms with Crippen molar-refractivity contribution in [2.45, 2.75) is 193 Å². The molecule has 2 bridgehead atoms. The topological polar surface area (TPSA) is 283 Å². The molecule has 7 amide bonds. The second-order valence-corrected chi connectivity index (χ2v) is 26.5. The molecule has 2 aromatic rings. The van der Waals surface area contributed by atoms with Gasteiger partial charge in [-0.15, -0.1) is 11.3 Å². The molecule has 88 heavy (non-hydrogen) atoms. The fourth-order valence-corrected chi connectivity index (χ4v) is 14.3. The third-order valence-electron chi connectivity index (χ3n) is 18.9. The smallest absolute Gasteiger partial charge is 0.312 e. The van der Waals surface area contributed by atoms with Crippen molar-refractivity contribution in [1.82, 2.24) is 35.6 Å². The number of fused-ring (bicyclic) bond motifs is 2. The van der Waals surface area contributed by atoms with Gasteiger partial charge in [-0.1, -0.05) is 79.2 Å². The Morgan fingerprint density at radius 1 is 0.875 bits per heavy atom. The van der Waals surface area contributed by atoms with Crippen LogP contribution in [0.5, 0.6) is 0 Å². The summed E-state index contributed by atoms with van der Waals surface area (Å²) in [6, 6.07) is 5.19.